The fourth-order valence-corrected chi connectivity index (χ4v) is 4.84. The smallest absolute Gasteiger partial charge is 0.309 e. The van der Waals surface area contributed by atoms with Crippen LogP contribution < -0.4 is 10.1 Å². The lowest BCUT2D eigenvalue weighted by Gasteiger charge is -2.44. The molecule has 1 fully saturated rings. The molecule has 0 bridgehead atoms. The maximum atomic E-state index is 13.1. The number of benzene rings is 2. The molecule has 0 spiro atoms. The molecule has 0 aromatic heterocycles. The molecular weight excluding hydrogens is 414 g/mol. The second-order valence-corrected chi connectivity index (χ2v) is 10.1. The zero-order chi connectivity index (χ0) is 23.4. The number of carbonyl (C=O) groups excluding carboxylic acids is 1. The molecule has 5 heteroatoms. The first-order valence-corrected chi connectivity index (χ1v) is 12.3. The number of ether oxygens (including phenoxy) is 3. The third-order valence-electron chi connectivity index (χ3n) is 6.59. The van der Waals surface area contributed by atoms with E-state index in [1.54, 1.807) is 0 Å². The molecule has 0 amide bonds. The van der Waals surface area contributed by atoms with Crippen molar-refractivity contribution in [2.75, 3.05) is 5.32 Å². The molecule has 1 aliphatic carbocycles. The molecule has 1 heterocycles. The van der Waals surface area contributed by atoms with Crippen LogP contribution in [0.15, 0.2) is 48.5 Å². The van der Waals surface area contributed by atoms with Gasteiger partial charge in [-0.15, -0.1) is 0 Å². The van der Waals surface area contributed by atoms with E-state index in [4.69, 9.17) is 14.2 Å². The van der Waals surface area contributed by atoms with Crippen LogP contribution in [0.2, 0.25) is 0 Å². The first kappa shape index (κ1) is 23.6. The number of hydrogen-bond acceptors (Lipinski definition) is 5. The molecule has 1 N–H and O–H groups in total. The van der Waals surface area contributed by atoms with E-state index in [0.717, 1.165) is 49.2 Å². The zero-order valence-electron chi connectivity index (χ0n) is 20.3. The Balaban J connectivity index is 1.58. The van der Waals surface area contributed by atoms with Gasteiger partial charge in [-0.05, 0) is 64.3 Å². The van der Waals surface area contributed by atoms with Crippen molar-refractivity contribution in [2.24, 2.45) is 5.92 Å². The van der Waals surface area contributed by atoms with Gasteiger partial charge in [0.05, 0.1) is 12.0 Å². The Hall–Kier alpha value is -2.53. The van der Waals surface area contributed by atoms with Crippen molar-refractivity contribution in [3.8, 4) is 5.75 Å². The minimum absolute atomic E-state index is 0.0190. The molecule has 2 atom stereocenters. The summed E-state index contributed by atoms with van der Waals surface area (Å²) < 4.78 is 18.9. The van der Waals surface area contributed by atoms with Gasteiger partial charge in [-0.2, -0.15) is 0 Å². The predicted molar refractivity (Wildman–Crippen MR) is 130 cm³/mol. The SMILES string of the molecule is CC(C)OC1c2cc(NCc3ccccc3)ccc2OC(C)(C)C1OC(=O)C1CCCCC1. The highest BCUT2D eigenvalue weighted by Gasteiger charge is 2.48. The van der Waals surface area contributed by atoms with Crippen LogP contribution in [0, 0.1) is 5.92 Å². The van der Waals surface area contributed by atoms with E-state index in [2.05, 4.69) is 23.5 Å². The Bertz CT molecular complexity index is 934. The van der Waals surface area contributed by atoms with Crippen LogP contribution in [0.25, 0.3) is 0 Å². The van der Waals surface area contributed by atoms with Crippen molar-refractivity contribution >= 4 is 11.7 Å². The van der Waals surface area contributed by atoms with E-state index in [-0.39, 0.29) is 18.0 Å². The summed E-state index contributed by atoms with van der Waals surface area (Å²) in [5.41, 5.74) is 2.41. The fourth-order valence-electron chi connectivity index (χ4n) is 4.84. The number of nitrogens with one attached hydrogen (secondary N) is 1. The van der Waals surface area contributed by atoms with Crippen LogP contribution in [0.5, 0.6) is 5.75 Å². The van der Waals surface area contributed by atoms with Crippen LogP contribution in [0.3, 0.4) is 0 Å². The third-order valence-corrected chi connectivity index (χ3v) is 6.59. The van der Waals surface area contributed by atoms with Crippen molar-refractivity contribution in [2.45, 2.75) is 90.3 Å². The van der Waals surface area contributed by atoms with E-state index in [0.29, 0.717) is 0 Å². The topological polar surface area (TPSA) is 56.8 Å². The quantitative estimate of drug-likeness (QED) is 0.492. The highest BCUT2D eigenvalue weighted by Crippen LogP contribution is 2.45. The van der Waals surface area contributed by atoms with Crippen LogP contribution in [0.1, 0.15) is 77.0 Å². The lowest BCUT2D eigenvalue weighted by Crippen LogP contribution is -2.52. The first-order chi connectivity index (χ1) is 15.8. The predicted octanol–water partition coefficient (Wildman–Crippen LogP) is 6.43. The van der Waals surface area contributed by atoms with Gasteiger partial charge in [0.25, 0.3) is 0 Å². The molecule has 4 rings (SSSR count). The van der Waals surface area contributed by atoms with Gasteiger partial charge in [-0.25, -0.2) is 0 Å². The van der Waals surface area contributed by atoms with Crippen LogP contribution in [-0.4, -0.2) is 23.8 Å². The van der Waals surface area contributed by atoms with E-state index >= 15 is 0 Å². The molecule has 33 heavy (non-hydrogen) atoms. The summed E-state index contributed by atoms with van der Waals surface area (Å²) in [6.07, 6.45) is 4.27. The Labute approximate surface area is 197 Å². The van der Waals surface area contributed by atoms with Crippen molar-refractivity contribution in [3.63, 3.8) is 0 Å². The second-order valence-electron chi connectivity index (χ2n) is 10.1. The Morgan fingerprint density at radius 3 is 2.52 bits per heavy atom. The molecule has 0 radical (unpaired) electrons. The lowest BCUT2D eigenvalue weighted by molar-refractivity contribution is -0.193. The molecule has 1 saturated carbocycles. The van der Waals surface area contributed by atoms with E-state index in [9.17, 15) is 4.79 Å². The normalized spacial score (nSPS) is 22.3. The number of hydrogen-bond donors (Lipinski definition) is 1. The molecule has 0 saturated heterocycles. The molecular formula is C28H37NO4. The summed E-state index contributed by atoms with van der Waals surface area (Å²) in [7, 11) is 0. The average Bonchev–Trinajstić information content (AvgIpc) is 2.80. The molecule has 5 nitrogen and oxygen atoms in total. The van der Waals surface area contributed by atoms with Gasteiger partial charge in [0.2, 0.25) is 0 Å². The third kappa shape index (κ3) is 5.70. The number of rotatable bonds is 7. The molecule has 1 aliphatic heterocycles. The maximum absolute atomic E-state index is 13.1. The van der Waals surface area contributed by atoms with Crippen molar-refractivity contribution in [3.05, 3.63) is 59.7 Å². The van der Waals surface area contributed by atoms with Crippen LogP contribution >= 0.6 is 0 Å². The number of fused-ring (bicyclic) bond motifs is 1. The monoisotopic (exact) mass is 451 g/mol. The number of esters is 1. The molecule has 2 aromatic rings. The zero-order valence-corrected chi connectivity index (χ0v) is 20.3. The van der Waals surface area contributed by atoms with Gasteiger partial charge in [0.1, 0.15) is 17.5 Å². The Morgan fingerprint density at radius 1 is 1.09 bits per heavy atom. The second kappa shape index (κ2) is 10.2. The van der Waals surface area contributed by atoms with Crippen molar-refractivity contribution < 1.29 is 19.0 Å². The number of carbonyl (C=O) groups is 1. The Kier molecular flexibility index (Phi) is 7.28. The Morgan fingerprint density at radius 2 is 1.82 bits per heavy atom. The van der Waals surface area contributed by atoms with Crippen LogP contribution in [-0.2, 0) is 20.8 Å². The van der Waals surface area contributed by atoms with E-state index in [1.807, 2.05) is 58.0 Å². The van der Waals surface area contributed by atoms with Gasteiger partial charge in [-0.3, -0.25) is 4.79 Å². The van der Waals surface area contributed by atoms with Gasteiger partial charge in [-0.1, -0.05) is 49.6 Å². The minimum Gasteiger partial charge on any atom is -0.483 e. The highest BCUT2D eigenvalue weighted by atomic mass is 16.6. The number of anilines is 1. The van der Waals surface area contributed by atoms with Gasteiger partial charge in [0, 0.05) is 17.8 Å². The summed E-state index contributed by atoms with van der Waals surface area (Å²) in [5.74, 6) is 0.644. The minimum atomic E-state index is -0.699. The lowest BCUT2D eigenvalue weighted by atomic mass is 9.86. The largest absolute Gasteiger partial charge is 0.483 e. The molecule has 178 valence electrons. The summed E-state index contributed by atoms with van der Waals surface area (Å²) >= 11 is 0. The molecule has 2 unspecified atom stereocenters. The van der Waals surface area contributed by atoms with Gasteiger partial charge < -0.3 is 19.5 Å². The molecule has 2 aliphatic rings. The highest BCUT2D eigenvalue weighted by molar-refractivity contribution is 5.73. The summed E-state index contributed by atoms with van der Waals surface area (Å²) in [6, 6.07) is 16.4. The average molecular weight is 452 g/mol. The maximum Gasteiger partial charge on any atom is 0.309 e. The van der Waals surface area contributed by atoms with Crippen LogP contribution in [0.4, 0.5) is 5.69 Å². The standard InChI is InChI=1S/C28H37NO4/c1-19(2)31-25-23-17-22(29-18-20-11-7-5-8-12-20)15-16-24(23)33-28(3,4)26(25)32-27(30)21-13-9-6-10-14-21/h5,7-8,11-12,15-17,19,21,25-26,29H,6,9-10,13-14,18H2,1-4H3. The molecule has 2 aromatic carbocycles. The fraction of sp³-hybridized carbons (Fsp3) is 0.536. The van der Waals surface area contributed by atoms with Gasteiger partial charge >= 0.3 is 5.97 Å². The summed E-state index contributed by atoms with van der Waals surface area (Å²) in [6.45, 7) is 8.71. The van der Waals surface area contributed by atoms with Gasteiger partial charge in [0.15, 0.2) is 6.10 Å². The van der Waals surface area contributed by atoms with E-state index in [1.165, 1.54) is 12.0 Å². The summed E-state index contributed by atoms with van der Waals surface area (Å²) in [5, 5.41) is 3.49. The van der Waals surface area contributed by atoms with Crippen molar-refractivity contribution in [1.29, 1.82) is 0 Å². The first-order valence-electron chi connectivity index (χ1n) is 12.3. The van der Waals surface area contributed by atoms with E-state index < -0.39 is 17.8 Å². The summed E-state index contributed by atoms with van der Waals surface area (Å²) in [4.78, 5) is 13.1. The van der Waals surface area contributed by atoms with Crippen molar-refractivity contribution in [1.82, 2.24) is 0 Å².